The van der Waals surface area contributed by atoms with E-state index in [0.717, 1.165) is 6.42 Å². The number of anilines is 1. The van der Waals surface area contributed by atoms with E-state index in [0.29, 0.717) is 5.82 Å². The molecule has 5 heteroatoms. The molecule has 1 aromatic heterocycles. The van der Waals surface area contributed by atoms with Gasteiger partial charge < -0.3 is 10.1 Å². The van der Waals surface area contributed by atoms with Crippen molar-refractivity contribution in [3.63, 3.8) is 0 Å². The Morgan fingerprint density at radius 3 is 2.70 bits per heavy atom. The van der Waals surface area contributed by atoms with Crippen LogP contribution in [0.5, 0.6) is 0 Å². The van der Waals surface area contributed by atoms with Crippen LogP contribution in [0.4, 0.5) is 5.82 Å². The number of ether oxygens (including phenoxy) is 1. The summed E-state index contributed by atoms with van der Waals surface area (Å²) in [6, 6.07) is 12.0. The SMILES string of the molecule is CCC(Nc1ccnc(C(=O)OC)n1)c1ccccc1. The average Bonchev–Trinajstić information content (AvgIpc) is 2.53. The molecule has 0 saturated heterocycles. The van der Waals surface area contributed by atoms with Gasteiger partial charge in [0.15, 0.2) is 0 Å². The van der Waals surface area contributed by atoms with Gasteiger partial charge in [0.1, 0.15) is 5.82 Å². The molecule has 1 heterocycles. The minimum Gasteiger partial charge on any atom is -0.463 e. The van der Waals surface area contributed by atoms with E-state index in [2.05, 4.69) is 39.1 Å². The van der Waals surface area contributed by atoms with Crippen molar-refractivity contribution in [2.24, 2.45) is 0 Å². The lowest BCUT2D eigenvalue weighted by Gasteiger charge is -2.18. The van der Waals surface area contributed by atoms with Gasteiger partial charge in [-0.05, 0) is 18.1 Å². The number of benzene rings is 1. The Balaban J connectivity index is 2.18. The Morgan fingerprint density at radius 2 is 2.05 bits per heavy atom. The molecular formula is C15H17N3O2. The van der Waals surface area contributed by atoms with Crippen LogP contribution in [0, 0.1) is 0 Å². The quantitative estimate of drug-likeness (QED) is 0.847. The summed E-state index contributed by atoms with van der Waals surface area (Å²) in [5, 5.41) is 3.31. The number of esters is 1. The van der Waals surface area contributed by atoms with Gasteiger partial charge in [0.2, 0.25) is 5.82 Å². The van der Waals surface area contributed by atoms with E-state index in [1.54, 1.807) is 12.3 Å². The molecule has 1 N–H and O–H groups in total. The normalized spacial score (nSPS) is 11.7. The highest BCUT2D eigenvalue weighted by atomic mass is 16.5. The zero-order valence-electron chi connectivity index (χ0n) is 11.5. The molecule has 1 aromatic carbocycles. The van der Waals surface area contributed by atoms with Crippen LogP contribution in [0.3, 0.4) is 0 Å². The fourth-order valence-electron chi connectivity index (χ4n) is 1.91. The Morgan fingerprint density at radius 1 is 1.30 bits per heavy atom. The predicted octanol–water partition coefficient (Wildman–Crippen LogP) is 2.83. The third-order valence-corrected chi connectivity index (χ3v) is 2.96. The van der Waals surface area contributed by atoms with Gasteiger partial charge in [-0.15, -0.1) is 0 Å². The van der Waals surface area contributed by atoms with E-state index < -0.39 is 5.97 Å². The second kappa shape index (κ2) is 6.65. The summed E-state index contributed by atoms with van der Waals surface area (Å²) in [7, 11) is 1.31. The molecule has 2 rings (SSSR count). The van der Waals surface area contributed by atoms with Crippen LogP contribution in [-0.2, 0) is 4.74 Å². The van der Waals surface area contributed by atoms with Crippen LogP contribution in [0.1, 0.15) is 35.6 Å². The molecule has 1 unspecified atom stereocenters. The zero-order valence-corrected chi connectivity index (χ0v) is 11.5. The minimum absolute atomic E-state index is 0.0559. The van der Waals surface area contributed by atoms with Gasteiger partial charge in [0.05, 0.1) is 13.2 Å². The molecule has 0 bridgehead atoms. The van der Waals surface area contributed by atoms with Crippen LogP contribution < -0.4 is 5.32 Å². The highest BCUT2D eigenvalue weighted by Gasteiger charge is 2.13. The Kier molecular flexibility index (Phi) is 4.65. The van der Waals surface area contributed by atoms with Crippen molar-refractivity contribution in [3.8, 4) is 0 Å². The molecule has 0 spiro atoms. The molecule has 1 atom stereocenters. The maximum absolute atomic E-state index is 11.4. The standard InChI is InChI=1S/C15H17N3O2/c1-3-12(11-7-5-4-6-8-11)17-13-9-10-16-14(18-13)15(19)20-2/h4-10,12H,3H2,1-2H3,(H,16,17,18). The van der Waals surface area contributed by atoms with Crippen molar-refractivity contribution in [2.45, 2.75) is 19.4 Å². The van der Waals surface area contributed by atoms with Crippen LogP contribution in [0.25, 0.3) is 0 Å². The number of carbonyl (C=O) groups is 1. The number of aromatic nitrogens is 2. The molecule has 5 nitrogen and oxygen atoms in total. The van der Waals surface area contributed by atoms with Gasteiger partial charge in [-0.25, -0.2) is 14.8 Å². The van der Waals surface area contributed by atoms with Gasteiger partial charge in [-0.2, -0.15) is 0 Å². The van der Waals surface area contributed by atoms with Gasteiger partial charge in [0, 0.05) is 6.20 Å². The number of methoxy groups -OCH3 is 1. The van der Waals surface area contributed by atoms with Crippen LogP contribution in [0.15, 0.2) is 42.6 Å². The third kappa shape index (κ3) is 3.32. The number of hydrogen-bond donors (Lipinski definition) is 1. The molecule has 0 fully saturated rings. The maximum Gasteiger partial charge on any atom is 0.376 e. The van der Waals surface area contributed by atoms with Crippen molar-refractivity contribution in [3.05, 3.63) is 54.0 Å². The molecule has 104 valence electrons. The van der Waals surface area contributed by atoms with Crippen molar-refractivity contribution in [1.29, 1.82) is 0 Å². The first kappa shape index (κ1) is 14.0. The summed E-state index contributed by atoms with van der Waals surface area (Å²) in [6.07, 6.45) is 2.45. The summed E-state index contributed by atoms with van der Waals surface area (Å²) in [6.45, 7) is 2.09. The fourth-order valence-corrected chi connectivity index (χ4v) is 1.91. The summed E-state index contributed by atoms with van der Waals surface area (Å²) in [5.74, 6) is 0.123. The number of carbonyl (C=O) groups excluding carboxylic acids is 1. The molecule has 0 aliphatic carbocycles. The lowest BCUT2D eigenvalue weighted by molar-refractivity contribution is 0.0587. The topological polar surface area (TPSA) is 64.1 Å². The number of nitrogens with zero attached hydrogens (tertiary/aromatic N) is 2. The van der Waals surface area contributed by atoms with E-state index in [1.165, 1.54) is 12.7 Å². The molecular weight excluding hydrogens is 254 g/mol. The Bertz CT molecular complexity index is 572. The molecule has 0 aliphatic heterocycles. The van der Waals surface area contributed by atoms with Crippen molar-refractivity contribution in [1.82, 2.24) is 9.97 Å². The lowest BCUT2D eigenvalue weighted by atomic mass is 10.0. The second-order valence-electron chi connectivity index (χ2n) is 4.27. The van der Waals surface area contributed by atoms with Gasteiger partial charge in [-0.3, -0.25) is 0 Å². The monoisotopic (exact) mass is 271 g/mol. The Labute approximate surface area is 118 Å². The molecule has 0 aliphatic rings. The number of hydrogen-bond acceptors (Lipinski definition) is 5. The number of nitrogens with one attached hydrogen (secondary N) is 1. The molecule has 0 radical (unpaired) electrons. The molecule has 2 aromatic rings. The van der Waals surface area contributed by atoms with E-state index in [1.807, 2.05) is 18.2 Å². The predicted molar refractivity (Wildman–Crippen MR) is 76.5 cm³/mol. The highest BCUT2D eigenvalue weighted by molar-refractivity contribution is 5.85. The smallest absolute Gasteiger partial charge is 0.376 e. The van der Waals surface area contributed by atoms with E-state index in [-0.39, 0.29) is 11.9 Å². The molecule has 20 heavy (non-hydrogen) atoms. The zero-order chi connectivity index (χ0) is 14.4. The summed E-state index contributed by atoms with van der Waals surface area (Å²) in [4.78, 5) is 19.5. The van der Waals surface area contributed by atoms with E-state index in [4.69, 9.17) is 0 Å². The lowest BCUT2D eigenvalue weighted by Crippen LogP contribution is -2.13. The van der Waals surface area contributed by atoms with Crippen molar-refractivity contribution < 1.29 is 9.53 Å². The molecule has 0 saturated carbocycles. The van der Waals surface area contributed by atoms with Gasteiger partial charge in [-0.1, -0.05) is 37.3 Å². The average molecular weight is 271 g/mol. The maximum atomic E-state index is 11.4. The second-order valence-corrected chi connectivity index (χ2v) is 4.27. The minimum atomic E-state index is -0.540. The van der Waals surface area contributed by atoms with Gasteiger partial charge >= 0.3 is 5.97 Å². The fraction of sp³-hybridized carbons (Fsp3) is 0.267. The summed E-state index contributed by atoms with van der Waals surface area (Å²) >= 11 is 0. The summed E-state index contributed by atoms with van der Waals surface area (Å²) < 4.78 is 4.62. The van der Waals surface area contributed by atoms with E-state index >= 15 is 0 Å². The highest BCUT2D eigenvalue weighted by Crippen LogP contribution is 2.20. The van der Waals surface area contributed by atoms with Crippen LogP contribution in [0.2, 0.25) is 0 Å². The first-order chi connectivity index (χ1) is 9.74. The molecule has 0 amide bonds. The van der Waals surface area contributed by atoms with Crippen LogP contribution >= 0.6 is 0 Å². The van der Waals surface area contributed by atoms with Crippen molar-refractivity contribution in [2.75, 3.05) is 12.4 Å². The number of rotatable bonds is 5. The third-order valence-electron chi connectivity index (χ3n) is 2.96. The van der Waals surface area contributed by atoms with E-state index in [9.17, 15) is 4.79 Å². The van der Waals surface area contributed by atoms with Crippen LogP contribution in [-0.4, -0.2) is 23.0 Å². The van der Waals surface area contributed by atoms with Crippen molar-refractivity contribution >= 4 is 11.8 Å². The summed E-state index contributed by atoms with van der Waals surface area (Å²) in [5.41, 5.74) is 1.17. The first-order valence-corrected chi connectivity index (χ1v) is 6.47. The largest absolute Gasteiger partial charge is 0.463 e. The Hall–Kier alpha value is -2.43. The first-order valence-electron chi connectivity index (χ1n) is 6.47. The van der Waals surface area contributed by atoms with Gasteiger partial charge in [0.25, 0.3) is 0 Å².